The van der Waals surface area contributed by atoms with E-state index in [2.05, 4.69) is 21.2 Å². The van der Waals surface area contributed by atoms with Crippen molar-refractivity contribution in [3.8, 4) is 0 Å². The molecule has 1 aliphatic heterocycles. The minimum atomic E-state index is 0.0294. The number of aromatic nitrogens is 1. The molecule has 1 aliphatic rings. The van der Waals surface area contributed by atoms with Gasteiger partial charge in [0.05, 0.1) is 12.7 Å². The van der Waals surface area contributed by atoms with E-state index in [-0.39, 0.29) is 12.0 Å². The fourth-order valence-electron chi connectivity index (χ4n) is 2.24. The van der Waals surface area contributed by atoms with Crippen LogP contribution in [0.15, 0.2) is 16.7 Å². The fourth-order valence-corrected chi connectivity index (χ4v) is 2.70. The molecular weight excluding hydrogens is 310 g/mol. The summed E-state index contributed by atoms with van der Waals surface area (Å²) in [5, 5.41) is 3.27. The molecule has 0 bridgehead atoms. The number of carbonyl (C=O) groups is 1. The van der Waals surface area contributed by atoms with Gasteiger partial charge in [0.25, 0.3) is 5.91 Å². The molecule has 1 aromatic heterocycles. The zero-order valence-corrected chi connectivity index (χ0v) is 12.9. The van der Waals surface area contributed by atoms with Gasteiger partial charge in [-0.3, -0.25) is 4.79 Å². The van der Waals surface area contributed by atoms with E-state index < -0.39 is 0 Å². The smallest absolute Gasteiger partial charge is 0.270 e. The molecule has 0 spiro atoms. The highest BCUT2D eigenvalue weighted by Crippen LogP contribution is 2.16. The van der Waals surface area contributed by atoms with E-state index in [1.54, 1.807) is 4.90 Å². The first kappa shape index (κ1) is 14.6. The lowest BCUT2D eigenvalue weighted by molar-refractivity contribution is 0.0101. The lowest BCUT2D eigenvalue weighted by atomic mass is 10.2. The molecule has 0 aliphatic carbocycles. The van der Waals surface area contributed by atoms with Crippen molar-refractivity contribution >= 4 is 21.8 Å². The molecule has 0 aromatic carbocycles. The van der Waals surface area contributed by atoms with Gasteiger partial charge in [0.15, 0.2) is 0 Å². The fraction of sp³-hybridized carbons (Fsp3) is 0.615. The largest absolute Gasteiger partial charge is 0.374 e. The van der Waals surface area contributed by atoms with Crippen molar-refractivity contribution in [1.82, 2.24) is 14.8 Å². The summed E-state index contributed by atoms with van der Waals surface area (Å²) in [4.78, 5) is 14.1. The SMILES string of the molecule is CCn1cc(Br)cc1C(=O)N(C)CC1CNCCO1. The zero-order chi connectivity index (χ0) is 13.8. The summed E-state index contributed by atoms with van der Waals surface area (Å²) in [5.74, 6) is 0.0294. The van der Waals surface area contributed by atoms with E-state index >= 15 is 0 Å². The normalized spacial score (nSPS) is 19.4. The second kappa shape index (κ2) is 6.54. The summed E-state index contributed by atoms with van der Waals surface area (Å²) in [6.07, 6.45) is 2.01. The van der Waals surface area contributed by atoms with Gasteiger partial charge in [0, 0.05) is 43.9 Å². The number of nitrogens with one attached hydrogen (secondary N) is 1. The highest BCUT2D eigenvalue weighted by Gasteiger charge is 2.21. The predicted octanol–water partition coefficient (Wildman–Crippen LogP) is 1.33. The molecule has 2 heterocycles. The van der Waals surface area contributed by atoms with Gasteiger partial charge in [-0.25, -0.2) is 0 Å². The van der Waals surface area contributed by atoms with Crippen LogP contribution < -0.4 is 5.32 Å². The topological polar surface area (TPSA) is 46.5 Å². The highest BCUT2D eigenvalue weighted by atomic mass is 79.9. The van der Waals surface area contributed by atoms with Crippen molar-refractivity contribution in [1.29, 1.82) is 0 Å². The first-order valence-electron chi connectivity index (χ1n) is 6.55. The summed E-state index contributed by atoms with van der Waals surface area (Å²) in [7, 11) is 1.82. The maximum Gasteiger partial charge on any atom is 0.270 e. The van der Waals surface area contributed by atoms with Crippen LogP contribution in [0.4, 0.5) is 0 Å². The maximum absolute atomic E-state index is 12.4. The molecule has 19 heavy (non-hydrogen) atoms. The number of carbonyl (C=O) groups excluding carboxylic acids is 1. The Labute approximate surface area is 122 Å². The Morgan fingerprint density at radius 2 is 2.47 bits per heavy atom. The molecule has 0 radical (unpaired) electrons. The Hall–Kier alpha value is -0.850. The standard InChI is InChI=1S/C13H20BrN3O2/c1-3-17-8-10(14)6-12(17)13(18)16(2)9-11-7-15-4-5-19-11/h6,8,11,15H,3-5,7,9H2,1-2H3. The number of halogens is 1. The molecule has 2 rings (SSSR count). The van der Waals surface area contributed by atoms with Crippen molar-refractivity contribution in [2.45, 2.75) is 19.6 Å². The Morgan fingerprint density at radius 1 is 1.68 bits per heavy atom. The summed E-state index contributed by atoms with van der Waals surface area (Å²) in [6, 6.07) is 1.86. The van der Waals surface area contributed by atoms with Gasteiger partial charge in [-0.2, -0.15) is 0 Å². The number of nitrogens with zero attached hydrogens (tertiary/aromatic N) is 2. The van der Waals surface area contributed by atoms with E-state index in [0.717, 1.165) is 24.1 Å². The Kier molecular flexibility index (Phi) is 5.01. The number of rotatable bonds is 4. The van der Waals surface area contributed by atoms with Crippen molar-refractivity contribution < 1.29 is 9.53 Å². The first-order valence-corrected chi connectivity index (χ1v) is 7.34. The van der Waals surface area contributed by atoms with E-state index in [4.69, 9.17) is 4.74 Å². The number of hydrogen-bond donors (Lipinski definition) is 1. The number of hydrogen-bond acceptors (Lipinski definition) is 3. The molecule has 1 N–H and O–H groups in total. The van der Waals surface area contributed by atoms with Gasteiger partial charge in [-0.15, -0.1) is 0 Å². The van der Waals surface area contributed by atoms with Crippen molar-refractivity contribution in [3.63, 3.8) is 0 Å². The molecule has 1 atom stereocenters. The van der Waals surface area contributed by atoms with Gasteiger partial charge >= 0.3 is 0 Å². The van der Waals surface area contributed by atoms with Crippen LogP contribution in [0.25, 0.3) is 0 Å². The second-order valence-corrected chi connectivity index (χ2v) is 5.63. The van der Waals surface area contributed by atoms with E-state index in [1.165, 1.54) is 0 Å². The van der Waals surface area contributed by atoms with E-state index in [0.29, 0.717) is 18.8 Å². The molecule has 0 saturated carbocycles. The summed E-state index contributed by atoms with van der Waals surface area (Å²) in [5.41, 5.74) is 0.709. The highest BCUT2D eigenvalue weighted by molar-refractivity contribution is 9.10. The third-order valence-electron chi connectivity index (χ3n) is 3.25. The quantitative estimate of drug-likeness (QED) is 0.906. The molecular formula is C13H20BrN3O2. The third kappa shape index (κ3) is 3.58. The predicted molar refractivity (Wildman–Crippen MR) is 77.4 cm³/mol. The molecule has 1 unspecified atom stereocenters. The van der Waals surface area contributed by atoms with Gasteiger partial charge in [0.2, 0.25) is 0 Å². The van der Waals surface area contributed by atoms with Crippen LogP contribution in [0.1, 0.15) is 17.4 Å². The van der Waals surface area contributed by atoms with E-state index in [1.807, 2.05) is 30.8 Å². The second-order valence-electron chi connectivity index (χ2n) is 4.71. The minimum Gasteiger partial charge on any atom is -0.374 e. The van der Waals surface area contributed by atoms with Crippen molar-refractivity contribution in [3.05, 3.63) is 22.4 Å². The number of morpholine rings is 1. The van der Waals surface area contributed by atoms with Gasteiger partial charge in [-0.1, -0.05) is 0 Å². The van der Waals surface area contributed by atoms with Crippen LogP contribution in [0, 0.1) is 0 Å². The average molecular weight is 330 g/mol. The maximum atomic E-state index is 12.4. The number of ether oxygens (including phenoxy) is 1. The van der Waals surface area contributed by atoms with Crippen molar-refractivity contribution in [2.24, 2.45) is 0 Å². The monoisotopic (exact) mass is 329 g/mol. The molecule has 1 aromatic rings. The summed E-state index contributed by atoms with van der Waals surface area (Å²) >= 11 is 3.41. The van der Waals surface area contributed by atoms with Crippen LogP contribution in [0.2, 0.25) is 0 Å². The minimum absolute atomic E-state index is 0.0294. The van der Waals surface area contributed by atoms with Gasteiger partial charge in [0.1, 0.15) is 5.69 Å². The summed E-state index contributed by atoms with van der Waals surface area (Å²) in [6.45, 7) is 5.82. The van der Waals surface area contributed by atoms with Gasteiger partial charge in [-0.05, 0) is 28.9 Å². The lowest BCUT2D eigenvalue weighted by Gasteiger charge is -2.28. The average Bonchev–Trinajstić information content (AvgIpc) is 2.80. The van der Waals surface area contributed by atoms with Crippen LogP contribution in [-0.4, -0.2) is 54.8 Å². The Balaban J connectivity index is 2.01. The Morgan fingerprint density at radius 3 is 3.11 bits per heavy atom. The third-order valence-corrected chi connectivity index (χ3v) is 3.69. The summed E-state index contributed by atoms with van der Waals surface area (Å²) < 4.78 is 8.50. The zero-order valence-electron chi connectivity index (χ0n) is 11.4. The molecule has 5 nitrogen and oxygen atoms in total. The van der Waals surface area contributed by atoms with Crippen LogP contribution in [-0.2, 0) is 11.3 Å². The number of likely N-dealkylation sites (N-methyl/N-ethyl adjacent to an activating group) is 1. The molecule has 6 heteroatoms. The van der Waals surface area contributed by atoms with E-state index in [9.17, 15) is 4.79 Å². The van der Waals surface area contributed by atoms with Crippen LogP contribution >= 0.6 is 15.9 Å². The van der Waals surface area contributed by atoms with Crippen LogP contribution in [0.5, 0.6) is 0 Å². The lowest BCUT2D eigenvalue weighted by Crippen LogP contribution is -2.46. The molecule has 1 fully saturated rings. The molecule has 1 saturated heterocycles. The number of aryl methyl sites for hydroxylation is 1. The van der Waals surface area contributed by atoms with Gasteiger partial charge < -0.3 is 19.5 Å². The van der Waals surface area contributed by atoms with Crippen molar-refractivity contribution in [2.75, 3.05) is 33.3 Å². The number of amides is 1. The molecule has 106 valence electrons. The van der Waals surface area contributed by atoms with Crippen LogP contribution in [0.3, 0.4) is 0 Å². The first-order chi connectivity index (χ1) is 9.11. The molecule has 1 amide bonds. The Bertz CT molecular complexity index is 441.